The predicted octanol–water partition coefficient (Wildman–Crippen LogP) is -3.25. The minimum absolute atomic E-state index is 0.794. The number of hydrogen-bond donors (Lipinski definition) is 7. The van der Waals surface area contributed by atoms with E-state index in [1.165, 1.54) is 20.8 Å². The van der Waals surface area contributed by atoms with Crippen molar-refractivity contribution in [3.05, 3.63) is 0 Å². The maximum atomic E-state index is 12.1. The molecule has 12 nitrogen and oxygen atoms in total. The molecule has 0 saturated carbocycles. The van der Waals surface area contributed by atoms with Crippen molar-refractivity contribution in [1.82, 2.24) is 16.0 Å². The first-order chi connectivity index (χ1) is 11.9. The summed E-state index contributed by atoms with van der Waals surface area (Å²) in [5, 5.41) is 33.2. The Morgan fingerprint density at radius 2 is 1.35 bits per heavy atom. The number of carbonyl (C=O) groups excluding carboxylic acids is 3. The van der Waals surface area contributed by atoms with Gasteiger partial charge in [0.2, 0.25) is 17.7 Å². The van der Waals surface area contributed by atoms with Crippen LogP contribution in [0, 0.1) is 0 Å². The Bertz CT molecular complexity index is 565. The number of aliphatic carboxylic acids is 2. The maximum absolute atomic E-state index is 12.1. The number of nitrogens with two attached hydrogens (primary N) is 1. The zero-order valence-corrected chi connectivity index (χ0v) is 14.6. The number of carbonyl (C=O) groups is 5. The molecule has 0 aromatic carbocycles. The Morgan fingerprint density at radius 1 is 0.846 bits per heavy atom. The van der Waals surface area contributed by atoms with Gasteiger partial charge in [0.05, 0.1) is 12.5 Å². The van der Waals surface area contributed by atoms with E-state index < -0.39 is 66.4 Å². The van der Waals surface area contributed by atoms with Gasteiger partial charge in [-0.15, -0.1) is 0 Å². The van der Waals surface area contributed by atoms with Crippen molar-refractivity contribution >= 4 is 29.7 Å². The molecule has 0 spiro atoms. The first kappa shape index (κ1) is 23.3. The molecule has 0 bridgehead atoms. The number of hydrogen-bond acceptors (Lipinski definition) is 7. The van der Waals surface area contributed by atoms with E-state index in [4.69, 9.17) is 15.9 Å². The number of carboxylic acids is 2. The van der Waals surface area contributed by atoms with E-state index >= 15 is 0 Å². The predicted molar refractivity (Wildman–Crippen MR) is 86.7 cm³/mol. The zero-order chi connectivity index (χ0) is 20.6. The second kappa shape index (κ2) is 10.3. The van der Waals surface area contributed by atoms with Gasteiger partial charge in [-0.25, -0.2) is 0 Å². The lowest BCUT2D eigenvalue weighted by molar-refractivity contribution is -0.143. The van der Waals surface area contributed by atoms with E-state index in [1.807, 2.05) is 5.32 Å². The van der Waals surface area contributed by atoms with Gasteiger partial charge >= 0.3 is 11.9 Å². The summed E-state index contributed by atoms with van der Waals surface area (Å²) in [5.41, 5.74) is 5.42. The second-order valence-corrected chi connectivity index (χ2v) is 5.72. The zero-order valence-electron chi connectivity index (χ0n) is 14.6. The molecular formula is C14H24N4O8. The molecule has 0 aromatic rings. The van der Waals surface area contributed by atoms with Crippen molar-refractivity contribution in [2.45, 2.75) is 57.5 Å². The highest BCUT2D eigenvalue weighted by Crippen LogP contribution is 1.98. The Morgan fingerprint density at radius 3 is 1.77 bits per heavy atom. The van der Waals surface area contributed by atoms with Crippen LogP contribution in [0.15, 0.2) is 0 Å². The molecule has 26 heavy (non-hydrogen) atoms. The second-order valence-electron chi connectivity index (χ2n) is 5.72. The molecule has 0 aromatic heterocycles. The average molecular weight is 376 g/mol. The van der Waals surface area contributed by atoms with Gasteiger partial charge in [-0.2, -0.15) is 0 Å². The molecule has 12 heteroatoms. The fraction of sp³-hybridized carbons (Fsp3) is 0.643. The topological polar surface area (TPSA) is 208 Å². The quantitative estimate of drug-likeness (QED) is 0.204. The maximum Gasteiger partial charge on any atom is 0.325 e. The number of nitrogens with one attached hydrogen (secondary N) is 3. The first-order valence-corrected chi connectivity index (χ1v) is 7.66. The average Bonchev–Trinajstić information content (AvgIpc) is 2.52. The van der Waals surface area contributed by atoms with Crippen LogP contribution >= 0.6 is 0 Å². The lowest BCUT2D eigenvalue weighted by Gasteiger charge is -2.22. The lowest BCUT2D eigenvalue weighted by Crippen LogP contribution is -2.57. The lowest BCUT2D eigenvalue weighted by atomic mass is 10.1. The third kappa shape index (κ3) is 7.90. The highest BCUT2D eigenvalue weighted by Gasteiger charge is 2.29. The molecule has 0 radical (unpaired) electrons. The largest absolute Gasteiger partial charge is 0.481 e. The van der Waals surface area contributed by atoms with Crippen molar-refractivity contribution in [2.24, 2.45) is 5.73 Å². The molecule has 148 valence electrons. The van der Waals surface area contributed by atoms with Crippen LogP contribution in [-0.2, 0) is 24.0 Å². The van der Waals surface area contributed by atoms with Gasteiger partial charge in [-0.3, -0.25) is 24.0 Å². The van der Waals surface area contributed by atoms with Gasteiger partial charge < -0.3 is 37.0 Å². The van der Waals surface area contributed by atoms with Crippen LogP contribution in [0.2, 0.25) is 0 Å². The summed E-state index contributed by atoms with van der Waals surface area (Å²) in [5.74, 6) is -5.45. The van der Waals surface area contributed by atoms with Crippen LogP contribution in [0.1, 0.15) is 27.2 Å². The molecule has 0 aliphatic heterocycles. The van der Waals surface area contributed by atoms with E-state index in [-0.39, 0.29) is 0 Å². The number of aliphatic hydroxyl groups excluding tert-OH is 1. The van der Waals surface area contributed by atoms with Crippen LogP contribution in [0.5, 0.6) is 0 Å². The van der Waals surface area contributed by atoms with E-state index in [0.29, 0.717) is 0 Å². The molecule has 0 aliphatic carbocycles. The SMILES string of the molecule is CC(NC(=O)C(CC(=O)O)NC(=O)C(C)NC(=O)C(N)C(C)O)C(=O)O. The molecule has 0 rings (SSSR count). The molecule has 8 N–H and O–H groups in total. The van der Waals surface area contributed by atoms with Crippen LogP contribution in [0.25, 0.3) is 0 Å². The van der Waals surface area contributed by atoms with Crippen LogP contribution < -0.4 is 21.7 Å². The molecule has 3 amide bonds. The Balaban J connectivity index is 4.96. The summed E-state index contributed by atoms with van der Waals surface area (Å²) in [7, 11) is 0. The normalized spacial score (nSPS) is 16.3. The minimum atomic E-state index is -1.55. The fourth-order valence-electron chi connectivity index (χ4n) is 1.65. The molecule has 5 unspecified atom stereocenters. The van der Waals surface area contributed by atoms with Gasteiger partial charge in [-0.05, 0) is 20.8 Å². The van der Waals surface area contributed by atoms with E-state index in [2.05, 4.69) is 10.6 Å². The third-order valence-electron chi connectivity index (χ3n) is 3.32. The van der Waals surface area contributed by atoms with E-state index in [1.54, 1.807) is 0 Å². The van der Waals surface area contributed by atoms with Crippen molar-refractivity contribution < 1.29 is 39.3 Å². The fourth-order valence-corrected chi connectivity index (χ4v) is 1.65. The third-order valence-corrected chi connectivity index (χ3v) is 3.32. The molecule has 0 heterocycles. The van der Waals surface area contributed by atoms with Gasteiger partial charge in [0.15, 0.2) is 0 Å². The summed E-state index contributed by atoms with van der Waals surface area (Å²) in [4.78, 5) is 57.4. The molecule has 0 aliphatic rings. The molecular weight excluding hydrogens is 352 g/mol. The van der Waals surface area contributed by atoms with Crippen LogP contribution in [-0.4, -0.2) is 75.3 Å². The Hall–Kier alpha value is -2.73. The monoisotopic (exact) mass is 376 g/mol. The van der Waals surface area contributed by atoms with Gasteiger partial charge in [-0.1, -0.05) is 0 Å². The number of aliphatic hydroxyl groups is 1. The smallest absolute Gasteiger partial charge is 0.325 e. The van der Waals surface area contributed by atoms with Crippen molar-refractivity contribution in [2.75, 3.05) is 0 Å². The molecule has 0 saturated heterocycles. The Kier molecular flexibility index (Phi) is 9.22. The summed E-state index contributed by atoms with van der Waals surface area (Å²) < 4.78 is 0. The molecule has 5 atom stereocenters. The van der Waals surface area contributed by atoms with Crippen LogP contribution in [0.4, 0.5) is 0 Å². The summed E-state index contributed by atoms with van der Waals surface area (Å²) >= 11 is 0. The van der Waals surface area contributed by atoms with Crippen molar-refractivity contribution in [1.29, 1.82) is 0 Å². The highest BCUT2D eigenvalue weighted by molar-refractivity contribution is 5.95. The van der Waals surface area contributed by atoms with E-state index in [0.717, 1.165) is 0 Å². The Labute approximate surface area is 149 Å². The van der Waals surface area contributed by atoms with Gasteiger partial charge in [0.1, 0.15) is 24.2 Å². The van der Waals surface area contributed by atoms with Gasteiger partial charge in [0, 0.05) is 0 Å². The number of amides is 3. The first-order valence-electron chi connectivity index (χ1n) is 7.66. The van der Waals surface area contributed by atoms with Gasteiger partial charge in [0.25, 0.3) is 0 Å². The summed E-state index contributed by atoms with van der Waals surface area (Å²) in [6, 6.07) is -5.31. The van der Waals surface area contributed by atoms with Crippen molar-refractivity contribution in [3.8, 4) is 0 Å². The number of carboxylic acid groups (broad SMARTS) is 2. The van der Waals surface area contributed by atoms with E-state index in [9.17, 15) is 29.1 Å². The minimum Gasteiger partial charge on any atom is -0.481 e. The van der Waals surface area contributed by atoms with Crippen molar-refractivity contribution in [3.63, 3.8) is 0 Å². The summed E-state index contributed by atoms with van der Waals surface area (Å²) in [6.45, 7) is 3.71. The standard InChI is InChI=1S/C14H24N4O8/c1-5(16-13(24)10(15)7(3)19)11(22)18-8(4-9(20)21)12(23)17-6(2)14(25)26/h5-8,10,19H,4,15H2,1-3H3,(H,16,24)(H,17,23)(H,18,22)(H,20,21)(H,25,26). The summed E-state index contributed by atoms with van der Waals surface area (Å²) in [6.07, 6.45) is -1.95. The van der Waals surface area contributed by atoms with Crippen LogP contribution in [0.3, 0.4) is 0 Å². The highest BCUT2D eigenvalue weighted by atomic mass is 16.4. The number of rotatable bonds is 10. The molecule has 0 fully saturated rings.